The Bertz CT molecular complexity index is 411. The highest BCUT2D eigenvalue weighted by Crippen LogP contribution is 2.26. The molecule has 2 unspecified atom stereocenters. The van der Waals surface area contributed by atoms with Crippen LogP contribution < -0.4 is 10.6 Å². The Morgan fingerprint density at radius 1 is 1.44 bits per heavy atom. The van der Waals surface area contributed by atoms with E-state index in [1.807, 2.05) is 13.0 Å². The summed E-state index contributed by atoms with van der Waals surface area (Å²) in [5.74, 6) is 0. The van der Waals surface area contributed by atoms with E-state index in [1.165, 1.54) is 5.69 Å². The van der Waals surface area contributed by atoms with Crippen molar-refractivity contribution in [3.8, 4) is 0 Å². The molecule has 0 spiro atoms. The number of ether oxygens (including phenoxy) is 1. The SMILES string of the molecule is Cc1ccc(N2CC(C)OC(CCN)C2)cc1Cl. The minimum Gasteiger partial charge on any atom is -0.372 e. The third-order valence-corrected chi connectivity index (χ3v) is 3.74. The fourth-order valence-corrected chi connectivity index (χ4v) is 2.55. The average Bonchev–Trinajstić information content (AvgIpc) is 2.32. The van der Waals surface area contributed by atoms with Gasteiger partial charge in [0.05, 0.1) is 12.2 Å². The molecule has 0 amide bonds. The summed E-state index contributed by atoms with van der Waals surface area (Å²) >= 11 is 6.19. The van der Waals surface area contributed by atoms with Crippen LogP contribution in [0.25, 0.3) is 0 Å². The van der Waals surface area contributed by atoms with Crippen LogP contribution >= 0.6 is 11.6 Å². The van der Waals surface area contributed by atoms with Crippen molar-refractivity contribution < 1.29 is 4.74 Å². The van der Waals surface area contributed by atoms with Gasteiger partial charge in [-0.1, -0.05) is 17.7 Å². The van der Waals surface area contributed by atoms with Gasteiger partial charge in [0.15, 0.2) is 0 Å². The summed E-state index contributed by atoms with van der Waals surface area (Å²) in [7, 11) is 0. The number of hydrogen-bond donors (Lipinski definition) is 1. The number of rotatable bonds is 3. The number of anilines is 1. The lowest BCUT2D eigenvalue weighted by atomic mass is 10.1. The molecule has 1 fully saturated rings. The predicted molar refractivity (Wildman–Crippen MR) is 76.4 cm³/mol. The maximum Gasteiger partial charge on any atom is 0.0766 e. The second-order valence-electron chi connectivity index (χ2n) is 4.98. The van der Waals surface area contributed by atoms with Crippen molar-refractivity contribution >= 4 is 17.3 Å². The highest BCUT2D eigenvalue weighted by atomic mass is 35.5. The van der Waals surface area contributed by atoms with Crippen molar-refractivity contribution in [1.82, 2.24) is 0 Å². The number of nitrogens with zero attached hydrogens (tertiary/aromatic N) is 1. The van der Waals surface area contributed by atoms with Gasteiger partial charge in [0.25, 0.3) is 0 Å². The second kappa shape index (κ2) is 5.91. The highest BCUT2D eigenvalue weighted by Gasteiger charge is 2.25. The molecule has 0 bridgehead atoms. The van der Waals surface area contributed by atoms with Gasteiger partial charge in [-0.3, -0.25) is 0 Å². The van der Waals surface area contributed by atoms with Gasteiger partial charge in [0.1, 0.15) is 0 Å². The molecule has 4 heteroatoms. The van der Waals surface area contributed by atoms with E-state index in [-0.39, 0.29) is 12.2 Å². The summed E-state index contributed by atoms with van der Waals surface area (Å²) in [6.45, 7) is 6.58. The lowest BCUT2D eigenvalue weighted by Crippen LogP contribution is -2.47. The standard InChI is InChI=1S/C14H21ClN2O/c1-10-3-4-12(7-14(10)15)17-8-11(2)18-13(9-17)5-6-16/h3-4,7,11,13H,5-6,8-9,16H2,1-2H3. The van der Waals surface area contributed by atoms with Crippen LogP contribution in [-0.4, -0.2) is 31.8 Å². The summed E-state index contributed by atoms with van der Waals surface area (Å²) in [4.78, 5) is 2.33. The molecule has 0 aliphatic carbocycles. The molecule has 2 atom stereocenters. The summed E-state index contributed by atoms with van der Waals surface area (Å²) in [5.41, 5.74) is 7.89. The molecule has 1 aromatic carbocycles. The largest absolute Gasteiger partial charge is 0.372 e. The van der Waals surface area contributed by atoms with Crippen molar-refractivity contribution in [2.75, 3.05) is 24.5 Å². The summed E-state index contributed by atoms with van der Waals surface area (Å²) in [6.07, 6.45) is 1.36. The van der Waals surface area contributed by atoms with E-state index in [9.17, 15) is 0 Å². The molecular formula is C14H21ClN2O. The Morgan fingerprint density at radius 2 is 2.22 bits per heavy atom. The van der Waals surface area contributed by atoms with Gasteiger partial charge in [-0.05, 0) is 44.5 Å². The fourth-order valence-electron chi connectivity index (χ4n) is 2.38. The molecule has 100 valence electrons. The van der Waals surface area contributed by atoms with Crippen LogP contribution in [0.3, 0.4) is 0 Å². The van der Waals surface area contributed by atoms with Gasteiger partial charge in [0.2, 0.25) is 0 Å². The zero-order valence-corrected chi connectivity index (χ0v) is 11.8. The van der Waals surface area contributed by atoms with E-state index in [0.29, 0.717) is 6.54 Å². The van der Waals surface area contributed by atoms with E-state index >= 15 is 0 Å². The molecule has 1 heterocycles. The molecular weight excluding hydrogens is 248 g/mol. The zero-order chi connectivity index (χ0) is 13.1. The molecule has 0 radical (unpaired) electrons. The maximum atomic E-state index is 6.19. The molecule has 1 saturated heterocycles. The molecule has 0 saturated carbocycles. The summed E-state index contributed by atoms with van der Waals surface area (Å²) in [5, 5.41) is 0.821. The molecule has 3 nitrogen and oxygen atoms in total. The summed E-state index contributed by atoms with van der Waals surface area (Å²) < 4.78 is 5.88. The Hall–Kier alpha value is -0.770. The van der Waals surface area contributed by atoms with Crippen LogP contribution in [0, 0.1) is 6.92 Å². The molecule has 1 aliphatic rings. The van der Waals surface area contributed by atoms with Crippen molar-refractivity contribution in [3.63, 3.8) is 0 Å². The molecule has 1 aromatic rings. The Balaban J connectivity index is 2.13. The van der Waals surface area contributed by atoms with Crippen molar-refractivity contribution in [2.24, 2.45) is 5.73 Å². The van der Waals surface area contributed by atoms with E-state index in [2.05, 4.69) is 24.0 Å². The zero-order valence-electron chi connectivity index (χ0n) is 11.0. The van der Waals surface area contributed by atoms with Gasteiger partial charge in [0, 0.05) is 23.8 Å². The topological polar surface area (TPSA) is 38.5 Å². The Kier molecular flexibility index (Phi) is 4.49. The van der Waals surface area contributed by atoms with Crippen LogP contribution in [0.5, 0.6) is 0 Å². The maximum absolute atomic E-state index is 6.19. The lowest BCUT2D eigenvalue weighted by molar-refractivity contribution is -0.0183. The van der Waals surface area contributed by atoms with Crippen LogP contribution in [0.4, 0.5) is 5.69 Å². The first-order valence-electron chi connectivity index (χ1n) is 6.46. The van der Waals surface area contributed by atoms with Crippen LogP contribution in [0.15, 0.2) is 18.2 Å². The predicted octanol–water partition coefficient (Wildman–Crippen LogP) is 2.59. The molecule has 18 heavy (non-hydrogen) atoms. The highest BCUT2D eigenvalue weighted by molar-refractivity contribution is 6.31. The minimum atomic E-state index is 0.221. The number of hydrogen-bond acceptors (Lipinski definition) is 3. The Labute approximate surface area is 114 Å². The van der Waals surface area contributed by atoms with E-state index < -0.39 is 0 Å². The minimum absolute atomic E-state index is 0.221. The second-order valence-corrected chi connectivity index (χ2v) is 5.39. The third-order valence-electron chi connectivity index (χ3n) is 3.34. The van der Waals surface area contributed by atoms with Gasteiger partial charge < -0.3 is 15.4 Å². The van der Waals surface area contributed by atoms with Gasteiger partial charge in [-0.25, -0.2) is 0 Å². The van der Waals surface area contributed by atoms with Gasteiger partial charge >= 0.3 is 0 Å². The van der Waals surface area contributed by atoms with E-state index in [1.54, 1.807) is 0 Å². The number of aryl methyl sites for hydroxylation is 1. The number of nitrogens with two attached hydrogens (primary N) is 1. The van der Waals surface area contributed by atoms with Gasteiger partial charge in [-0.2, -0.15) is 0 Å². The van der Waals surface area contributed by atoms with Crippen molar-refractivity contribution in [1.29, 1.82) is 0 Å². The number of morpholine rings is 1. The first-order valence-corrected chi connectivity index (χ1v) is 6.84. The lowest BCUT2D eigenvalue weighted by Gasteiger charge is -2.38. The first-order chi connectivity index (χ1) is 8.60. The summed E-state index contributed by atoms with van der Waals surface area (Å²) in [6, 6.07) is 6.23. The first kappa shape index (κ1) is 13.7. The molecule has 2 N–H and O–H groups in total. The van der Waals surface area contributed by atoms with Crippen molar-refractivity contribution in [2.45, 2.75) is 32.5 Å². The van der Waals surface area contributed by atoms with Crippen molar-refractivity contribution in [3.05, 3.63) is 28.8 Å². The van der Waals surface area contributed by atoms with Crippen LogP contribution in [-0.2, 0) is 4.74 Å². The molecule has 1 aliphatic heterocycles. The molecule has 2 rings (SSSR count). The normalized spacial score (nSPS) is 24.3. The monoisotopic (exact) mass is 268 g/mol. The fraction of sp³-hybridized carbons (Fsp3) is 0.571. The smallest absolute Gasteiger partial charge is 0.0766 e. The van der Waals surface area contributed by atoms with Crippen LogP contribution in [0.2, 0.25) is 5.02 Å². The third kappa shape index (κ3) is 3.16. The van der Waals surface area contributed by atoms with Gasteiger partial charge in [-0.15, -0.1) is 0 Å². The Morgan fingerprint density at radius 3 is 2.89 bits per heavy atom. The number of benzene rings is 1. The quantitative estimate of drug-likeness (QED) is 0.916. The number of halogens is 1. The van der Waals surface area contributed by atoms with E-state index in [4.69, 9.17) is 22.1 Å². The average molecular weight is 269 g/mol. The van der Waals surface area contributed by atoms with Crippen LogP contribution in [0.1, 0.15) is 18.9 Å². The molecule has 0 aromatic heterocycles. The van der Waals surface area contributed by atoms with E-state index in [0.717, 1.165) is 30.1 Å².